The summed E-state index contributed by atoms with van der Waals surface area (Å²) >= 11 is 0. The van der Waals surface area contributed by atoms with Gasteiger partial charge >= 0.3 is 0 Å². The van der Waals surface area contributed by atoms with Crippen molar-refractivity contribution in [2.75, 3.05) is 0 Å². The van der Waals surface area contributed by atoms with Crippen molar-refractivity contribution in [2.45, 2.75) is 37.3 Å². The minimum Gasteiger partial charge on any atom is -0.384 e. The Morgan fingerprint density at radius 3 is 2.57 bits per heavy atom. The van der Waals surface area contributed by atoms with Crippen LogP contribution in [0.4, 0.5) is 0 Å². The minimum atomic E-state index is -0.792. The molecule has 1 aromatic rings. The van der Waals surface area contributed by atoms with E-state index < -0.39 is 5.60 Å². The maximum atomic E-state index is 10.5. The fourth-order valence-corrected chi connectivity index (χ4v) is 2.27. The van der Waals surface area contributed by atoms with E-state index >= 15 is 0 Å². The fraction of sp³-hybridized carbons (Fsp3) is 0.500. The topological polar surface area (TPSA) is 46.2 Å². The number of benzene rings is 1. The Morgan fingerprint density at radius 2 is 1.93 bits per heavy atom. The molecule has 76 valence electrons. The third kappa shape index (κ3) is 1.56. The molecule has 2 nitrogen and oxygen atoms in total. The Morgan fingerprint density at radius 1 is 1.21 bits per heavy atom. The molecular weight excluding hydrogens is 174 g/mol. The Kier molecular flexibility index (Phi) is 2.57. The zero-order valence-corrected chi connectivity index (χ0v) is 8.32. The number of hydrogen-bond acceptors (Lipinski definition) is 2. The third-order valence-electron chi connectivity index (χ3n) is 3.21. The molecule has 0 amide bonds. The van der Waals surface area contributed by atoms with Crippen LogP contribution in [0.5, 0.6) is 0 Å². The van der Waals surface area contributed by atoms with Crippen LogP contribution in [-0.4, -0.2) is 11.1 Å². The zero-order valence-electron chi connectivity index (χ0n) is 8.32. The van der Waals surface area contributed by atoms with Gasteiger partial charge in [0.25, 0.3) is 0 Å². The van der Waals surface area contributed by atoms with Crippen molar-refractivity contribution >= 4 is 0 Å². The van der Waals surface area contributed by atoms with E-state index in [2.05, 4.69) is 0 Å². The summed E-state index contributed by atoms with van der Waals surface area (Å²) in [5.74, 6) is 0. The van der Waals surface area contributed by atoms with E-state index in [1.165, 1.54) is 0 Å². The Bertz CT molecular complexity index is 298. The molecule has 2 atom stereocenters. The van der Waals surface area contributed by atoms with Gasteiger partial charge < -0.3 is 10.8 Å². The van der Waals surface area contributed by atoms with Gasteiger partial charge in [0.1, 0.15) is 5.60 Å². The van der Waals surface area contributed by atoms with Crippen molar-refractivity contribution in [3.63, 3.8) is 0 Å². The number of hydrogen-bond donors (Lipinski definition) is 2. The van der Waals surface area contributed by atoms with Crippen molar-refractivity contribution in [1.82, 2.24) is 0 Å². The molecule has 1 aliphatic carbocycles. The largest absolute Gasteiger partial charge is 0.384 e. The maximum Gasteiger partial charge on any atom is 0.105 e. The lowest BCUT2D eigenvalue weighted by Crippen LogP contribution is -2.47. The monoisotopic (exact) mass is 191 g/mol. The molecule has 0 bridgehead atoms. The number of nitrogens with two attached hydrogens (primary N) is 1. The van der Waals surface area contributed by atoms with Gasteiger partial charge in [-0.3, -0.25) is 0 Å². The normalized spacial score (nSPS) is 32.9. The highest BCUT2D eigenvalue weighted by molar-refractivity contribution is 5.24. The first-order valence-corrected chi connectivity index (χ1v) is 5.27. The van der Waals surface area contributed by atoms with Crippen molar-refractivity contribution < 1.29 is 5.11 Å². The van der Waals surface area contributed by atoms with Crippen molar-refractivity contribution in [2.24, 2.45) is 5.73 Å². The standard InChI is InChI=1S/C12H17NO/c13-11-8-4-5-9-12(11,14)10-6-2-1-3-7-10/h1-3,6-7,11,14H,4-5,8-9,13H2/t11-,12-/m0/s1. The summed E-state index contributed by atoms with van der Waals surface area (Å²) in [6.45, 7) is 0. The maximum absolute atomic E-state index is 10.5. The van der Waals surface area contributed by atoms with Crippen LogP contribution in [0.25, 0.3) is 0 Å². The smallest absolute Gasteiger partial charge is 0.105 e. The molecule has 1 aliphatic rings. The summed E-state index contributed by atoms with van der Waals surface area (Å²) in [5, 5.41) is 10.5. The van der Waals surface area contributed by atoms with Gasteiger partial charge in [-0.25, -0.2) is 0 Å². The highest BCUT2D eigenvalue weighted by Crippen LogP contribution is 2.35. The van der Waals surface area contributed by atoms with Gasteiger partial charge in [0.15, 0.2) is 0 Å². The Hall–Kier alpha value is -0.860. The van der Waals surface area contributed by atoms with Gasteiger partial charge in [-0.2, -0.15) is 0 Å². The lowest BCUT2D eigenvalue weighted by molar-refractivity contribution is -0.0193. The van der Waals surface area contributed by atoms with E-state index in [1.807, 2.05) is 30.3 Å². The predicted octanol–water partition coefficient (Wildman–Crippen LogP) is 1.78. The SMILES string of the molecule is N[C@H]1CCCC[C@]1(O)c1ccccc1. The first-order valence-electron chi connectivity index (χ1n) is 5.27. The average molecular weight is 191 g/mol. The summed E-state index contributed by atoms with van der Waals surface area (Å²) in [4.78, 5) is 0. The van der Waals surface area contributed by atoms with E-state index in [0.717, 1.165) is 31.2 Å². The second kappa shape index (κ2) is 3.71. The van der Waals surface area contributed by atoms with E-state index in [0.29, 0.717) is 0 Å². The van der Waals surface area contributed by atoms with Crippen LogP contribution in [0, 0.1) is 0 Å². The molecule has 1 aromatic carbocycles. The number of aliphatic hydroxyl groups is 1. The molecular formula is C12H17NO. The first kappa shape index (κ1) is 9.69. The molecule has 1 saturated carbocycles. The van der Waals surface area contributed by atoms with Gasteiger partial charge in [-0.1, -0.05) is 43.2 Å². The summed E-state index contributed by atoms with van der Waals surface area (Å²) in [6.07, 6.45) is 3.92. The minimum absolute atomic E-state index is 0.112. The fourth-order valence-electron chi connectivity index (χ4n) is 2.27. The van der Waals surface area contributed by atoms with Gasteiger partial charge in [0, 0.05) is 6.04 Å². The second-order valence-corrected chi connectivity index (χ2v) is 4.14. The molecule has 2 heteroatoms. The highest BCUT2D eigenvalue weighted by Gasteiger charge is 2.37. The van der Waals surface area contributed by atoms with Crippen molar-refractivity contribution in [1.29, 1.82) is 0 Å². The lowest BCUT2D eigenvalue weighted by Gasteiger charge is -2.38. The summed E-state index contributed by atoms with van der Waals surface area (Å²) in [7, 11) is 0. The molecule has 0 heterocycles. The van der Waals surface area contributed by atoms with Gasteiger partial charge in [0.2, 0.25) is 0 Å². The van der Waals surface area contributed by atoms with E-state index in [4.69, 9.17) is 5.73 Å². The Labute approximate surface area is 84.7 Å². The lowest BCUT2D eigenvalue weighted by atomic mass is 9.76. The van der Waals surface area contributed by atoms with Crippen LogP contribution in [0.1, 0.15) is 31.2 Å². The van der Waals surface area contributed by atoms with Gasteiger partial charge in [-0.05, 0) is 18.4 Å². The molecule has 0 radical (unpaired) electrons. The molecule has 0 spiro atoms. The van der Waals surface area contributed by atoms with E-state index in [9.17, 15) is 5.11 Å². The molecule has 0 aromatic heterocycles. The molecule has 0 unspecified atom stereocenters. The molecule has 14 heavy (non-hydrogen) atoms. The quantitative estimate of drug-likeness (QED) is 0.710. The van der Waals surface area contributed by atoms with Crippen LogP contribution in [0.3, 0.4) is 0 Å². The molecule has 3 N–H and O–H groups in total. The average Bonchev–Trinajstić information content (AvgIpc) is 2.24. The second-order valence-electron chi connectivity index (χ2n) is 4.14. The summed E-state index contributed by atoms with van der Waals surface area (Å²) in [5.41, 5.74) is 6.17. The van der Waals surface area contributed by atoms with Crippen LogP contribution in [0.2, 0.25) is 0 Å². The summed E-state index contributed by atoms with van der Waals surface area (Å²) in [6, 6.07) is 9.68. The van der Waals surface area contributed by atoms with Gasteiger partial charge in [-0.15, -0.1) is 0 Å². The van der Waals surface area contributed by atoms with E-state index in [1.54, 1.807) is 0 Å². The van der Waals surface area contributed by atoms with Crippen LogP contribution >= 0.6 is 0 Å². The van der Waals surface area contributed by atoms with E-state index in [-0.39, 0.29) is 6.04 Å². The van der Waals surface area contributed by atoms with Crippen LogP contribution in [0.15, 0.2) is 30.3 Å². The highest BCUT2D eigenvalue weighted by atomic mass is 16.3. The molecule has 2 rings (SSSR count). The number of rotatable bonds is 1. The zero-order chi connectivity index (χ0) is 10.0. The van der Waals surface area contributed by atoms with Crippen LogP contribution in [-0.2, 0) is 5.60 Å². The molecule has 0 aliphatic heterocycles. The van der Waals surface area contributed by atoms with Crippen molar-refractivity contribution in [3.05, 3.63) is 35.9 Å². The third-order valence-corrected chi connectivity index (χ3v) is 3.21. The molecule has 0 saturated heterocycles. The van der Waals surface area contributed by atoms with Gasteiger partial charge in [0.05, 0.1) is 0 Å². The van der Waals surface area contributed by atoms with Crippen LogP contribution < -0.4 is 5.73 Å². The Balaban J connectivity index is 2.30. The summed E-state index contributed by atoms with van der Waals surface area (Å²) < 4.78 is 0. The predicted molar refractivity (Wildman–Crippen MR) is 56.8 cm³/mol. The van der Waals surface area contributed by atoms with Crippen molar-refractivity contribution in [3.8, 4) is 0 Å². The molecule has 1 fully saturated rings. The first-order chi connectivity index (χ1) is 6.73.